The van der Waals surface area contributed by atoms with Crippen LogP contribution in [0.15, 0.2) is 61.2 Å². The van der Waals surface area contributed by atoms with Gasteiger partial charge in [0.1, 0.15) is 5.82 Å². The maximum atomic E-state index is 13.2. The molecule has 3 rings (SSSR count). The number of halogens is 1. The first kappa shape index (κ1) is 20.2. The molecule has 0 heterocycles. The Kier molecular flexibility index (Phi) is 6.58. The van der Waals surface area contributed by atoms with Crippen molar-refractivity contribution in [2.75, 3.05) is 0 Å². The zero-order valence-electron chi connectivity index (χ0n) is 16.8. The van der Waals surface area contributed by atoms with Crippen LogP contribution in [-0.4, -0.2) is 0 Å². The summed E-state index contributed by atoms with van der Waals surface area (Å²) in [7, 11) is 0. The first-order chi connectivity index (χ1) is 12.4. The lowest BCUT2D eigenvalue weighted by atomic mass is 9.89. The summed E-state index contributed by atoms with van der Waals surface area (Å²) >= 11 is 0. The highest BCUT2D eigenvalue weighted by molar-refractivity contribution is 5.74. The molecular weight excluding hydrogens is 319 g/mol. The summed E-state index contributed by atoms with van der Waals surface area (Å²) in [4.78, 5) is 0. The van der Waals surface area contributed by atoms with E-state index in [0.29, 0.717) is 5.41 Å². The molecule has 138 valence electrons. The van der Waals surface area contributed by atoms with E-state index in [1.165, 1.54) is 23.6 Å². The zero-order valence-corrected chi connectivity index (χ0v) is 16.8. The van der Waals surface area contributed by atoms with Crippen LogP contribution in [-0.2, 0) is 11.8 Å². The fourth-order valence-corrected chi connectivity index (χ4v) is 3.61. The minimum absolute atomic E-state index is 0.200. The van der Waals surface area contributed by atoms with Crippen molar-refractivity contribution in [2.45, 2.75) is 52.9 Å². The molecule has 1 saturated carbocycles. The lowest BCUT2D eigenvalue weighted by Gasteiger charge is -2.15. The average molecular weight is 351 g/mol. The van der Waals surface area contributed by atoms with Crippen LogP contribution in [0.5, 0.6) is 0 Å². The monoisotopic (exact) mass is 350 g/mol. The molecule has 26 heavy (non-hydrogen) atoms. The Balaban J connectivity index is 0.00000117. The molecule has 0 aromatic heterocycles. The van der Waals surface area contributed by atoms with E-state index in [0.717, 1.165) is 29.0 Å². The van der Waals surface area contributed by atoms with Crippen LogP contribution in [0, 0.1) is 18.7 Å². The highest BCUT2D eigenvalue weighted by atomic mass is 19.1. The van der Waals surface area contributed by atoms with Gasteiger partial charge in [0.25, 0.3) is 0 Å². The summed E-state index contributed by atoms with van der Waals surface area (Å²) in [6.45, 7) is 14.7. The summed E-state index contributed by atoms with van der Waals surface area (Å²) in [6.07, 6.45) is 6.39. The second-order valence-electron chi connectivity index (χ2n) is 7.27. The van der Waals surface area contributed by atoms with Crippen molar-refractivity contribution >= 4 is 5.57 Å². The Labute approximate surface area is 158 Å². The summed E-state index contributed by atoms with van der Waals surface area (Å²) in [6, 6.07) is 13.6. The molecule has 0 nitrogen and oxygen atoms in total. The van der Waals surface area contributed by atoms with Crippen molar-refractivity contribution in [3.8, 4) is 0 Å². The lowest BCUT2D eigenvalue weighted by molar-refractivity contribution is 0.626. The predicted octanol–water partition coefficient (Wildman–Crippen LogP) is 7.27. The van der Waals surface area contributed by atoms with Crippen molar-refractivity contribution in [3.05, 3.63) is 89.3 Å². The average Bonchev–Trinajstić information content (AvgIpc) is 3.24. The predicted molar refractivity (Wildman–Crippen MR) is 112 cm³/mol. The Morgan fingerprint density at radius 3 is 2.50 bits per heavy atom. The SMILES string of the molecule is C=C(/C=C\Cc1ccccc1C1(C)CC1C)c1ccc(F)cc1C.CC. The van der Waals surface area contributed by atoms with Gasteiger partial charge in [-0.15, -0.1) is 0 Å². The van der Waals surface area contributed by atoms with E-state index in [1.807, 2.05) is 20.8 Å². The van der Waals surface area contributed by atoms with E-state index in [-0.39, 0.29) is 5.82 Å². The number of hydrogen-bond acceptors (Lipinski definition) is 0. The van der Waals surface area contributed by atoms with Crippen LogP contribution in [0.2, 0.25) is 0 Å². The van der Waals surface area contributed by atoms with Crippen molar-refractivity contribution in [1.82, 2.24) is 0 Å². The highest BCUT2D eigenvalue weighted by Crippen LogP contribution is 2.54. The minimum atomic E-state index is -0.200. The van der Waals surface area contributed by atoms with Crippen LogP contribution in [0.25, 0.3) is 5.57 Å². The fraction of sp³-hybridized carbons (Fsp3) is 0.360. The van der Waals surface area contributed by atoms with Crippen LogP contribution in [0.3, 0.4) is 0 Å². The Hall–Kier alpha value is -2.15. The molecule has 1 aliphatic carbocycles. The fourth-order valence-electron chi connectivity index (χ4n) is 3.61. The van der Waals surface area contributed by atoms with E-state index in [4.69, 9.17) is 0 Å². The summed E-state index contributed by atoms with van der Waals surface area (Å²) < 4.78 is 13.2. The normalized spacial score (nSPS) is 21.2. The molecule has 0 amide bonds. The third-order valence-corrected chi connectivity index (χ3v) is 5.48. The number of aryl methyl sites for hydroxylation is 1. The molecule has 0 radical (unpaired) electrons. The van der Waals surface area contributed by atoms with Crippen molar-refractivity contribution in [2.24, 2.45) is 5.92 Å². The van der Waals surface area contributed by atoms with Gasteiger partial charge in [0.05, 0.1) is 0 Å². The third kappa shape index (κ3) is 4.33. The maximum absolute atomic E-state index is 13.2. The molecule has 0 saturated heterocycles. The van der Waals surface area contributed by atoms with Gasteiger partial charge < -0.3 is 0 Å². The van der Waals surface area contributed by atoms with E-state index >= 15 is 0 Å². The van der Waals surface area contributed by atoms with Gasteiger partial charge in [-0.1, -0.05) is 76.8 Å². The Morgan fingerprint density at radius 2 is 1.88 bits per heavy atom. The Bertz CT molecular complexity index is 800. The van der Waals surface area contributed by atoms with Gasteiger partial charge in [-0.25, -0.2) is 4.39 Å². The van der Waals surface area contributed by atoms with Crippen LogP contribution in [0.4, 0.5) is 4.39 Å². The molecule has 2 aromatic carbocycles. The number of rotatable bonds is 5. The molecule has 2 unspecified atom stereocenters. The van der Waals surface area contributed by atoms with Crippen LogP contribution < -0.4 is 0 Å². The quantitative estimate of drug-likeness (QED) is 0.497. The van der Waals surface area contributed by atoms with E-state index in [1.54, 1.807) is 12.1 Å². The van der Waals surface area contributed by atoms with Gasteiger partial charge in [0.2, 0.25) is 0 Å². The van der Waals surface area contributed by atoms with Gasteiger partial charge in [-0.3, -0.25) is 0 Å². The van der Waals surface area contributed by atoms with Crippen molar-refractivity contribution in [1.29, 1.82) is 0 Å². The molecule has 0 N–H and O–H groups in total. The first-order valence-electron chi connectivity index (χ1n) is 9.62. The molecule has 1 fully saturated rings. The first-order valence-corrected chi connectivity index (χ1v) is 9.62. The lowest BCUT2D eigenvalue weighted by Crippen LogP contribution is -2.06. The topological polar surface area (TPSA) is 0 Å². The standard InChI is InChI=1S/C23H25F.C2H6/c1-16(21-13-12-20(24)14-17(21)2)8-7-10-19-9-5-6-11-22(19)23(4)15-18(23)3;1-2/h5-9,11-14,18H,1,10,15H2,2-4H3;1-2H3/b8-7-;. The molecule has 0 aliphatic heterocycles. The Morgan fingerprint density at radius 1 is 1.23 bits per heavy atom. The largest absolute Gasteiger partial charge is 0.207 e. The molecule has 2 atom stereocenters. The van der Waals surface area contributed by atoms with Gasteiger partial charge in [-0.05, 0) is 71.1 Å². The maximum Gasteiger partial charge on any atom is 0.123 e. The molecule has 1 aliphatic rings. The molecule has 0 bridgehead atoms. The minimum Gasteiger partial charge on any atom is -0.207 e. The van der Waals surface area contributed by atoms with Crippen LogP contribution >= 0.6 is 0 Å². The second kappa shape index (κ2) is 8.49. The molecule has 2 aromatic rings. The molecule has 0 spiro atoms. The summed E-state index contributed by atoms with van der Waals surface area (Å²) in [5.74, 6) is 0.563. The molecular formula is C25H31F. The van der Waals surface area contributed by atoms with Gasteiger partial charge >= 0.3 is 0 Å². The summed E-state index contributed by atoms with van der Waals surface area (Å²) in [5, 5.41) is 0. The number of allylic oxidation sites excluding steroid dienone is 3. The van der Waals surface area contributed by atoms with Crippen LogP contribution in [0.1, 0.15) is 56.4 Å². The van der Waals surface area contributed by atoms with Crippen molar-refractivity contribution < 1.29 is 4.39 Å². The van der Waals surface area contributed by atoms with Crippen molar-refractivity contribution in [3.63, 3.8) is 0 Å². The van der Waals surface area contributed by atoms with Gasteiger partial charge in [0, 0.05) is 0 Å². The molecule has 1 heteroatoms. The highest BCUT2D eigenvalue weighted by Gasteiger charge is 2.48. The zero-order chi connectivity index (χ0) is 19.3. The van der Waals surface area contributed by atoms with E-state index in [9.17, 15) is 4.39 Å². The second-order valence-corrected chi connectivity index (χ2v) is 7.27. The third-order valence-electron chi connectivity index (χ3n) is 5.48. The van der Waals surface area contributed by atoms with E-state index in [2.05, 4.69) is 56.8 Å². The van der Waals surface area contributed by atoms with Gasteiger partial charge in [0.15, 0.2) is 0 Å². The number of benzene rings is 2. The van der Waals surface area contributed by atoms with E-state index < -0.39 is 0 Å². The number of hydrogen-bond donors (Lipinski definition) is 0. The smallest absolute Gasteiger partial charge is 0.123 e. The van der Waals surface area contributed by atoms with Gasteiger partial charge in [-0.2, -0.15) is 0 Å². The summed E-state index contributed by atoms with van der Waals surface area (Å²) in [5.41, 5.74) is 6.06.